The van der Waals surface area contributed by atoms with Crippen LogP contribution in [0.5, 0.6) is 0 Å². The number of hydrogen-bond acceptors (Lipinski definition) is 3. The second kappa shape index (κ2) is 8.18. The molecule has 0 aliphatic carbocycles. The molecule has 0 saturated carbocycles. The van der Waals surface area contributed by atoms with Crippen LogP contribution in [-0.2, 0) is 17.4 Å². The number of benzene rings is 2. The molecule has 0 radical (unpaired) electrons. The van der Waals surface area contributed by atoms with Crippen molar-refractivity contribution >= 4 is 17.3 Å². The number of halogens is 4. The van der Waals surface area contributed by atoms with Crippen molar-refractivity contribution in [2.75, 3.05) is 43.4 Å². The average Bonchev–Trinajstić information content (AvgIpc) is 2.62. The third-order valence-electron chi connectivity index (χ3n) is 4.70. The molecule has 0 spiro atoms. The van der Waals surface area contributed by atoms with Crippen LogP contribution in [-0.4, -0.2) is 44.0 Å². The van der Waals surface area contributed by atoms with Crippen LogP contribution in [0.2, 0.25) is 0 Å². The summed E-state index contributed by atoms with van der Waals surface area (Å²) in [7, 11) is 1.97. The molecule has 28 heavy (non-hydrogen) atoms. The summed E-state index contributed by atoms with van der Waals surface area (Å²) < 4.78 is 53.9. The average molecular weight is 395 g/mol. The van der Waals surface area contributed by atoms with Crippen molar-refractivity contribution in [3.05, 3.63) is 59.4 Å². The van der Waals surface area contributed by atoms with Gasteiger partial charge in [0.2, 0.25) is 5.91 Å². The van der Waals surface area contributed by atoms with Crippen LogP contribution in [0.25, 0.3) is 0 Å². The summed E-state index contributed by atoms with van der Waals surface area (Å²) in [6.45, 7) is 2.82. The molecule has 1 amide bonds. The van der Waals surface area contributed by atoms with E-state index in [0.717, 1.165) is 19.2 Å². The molecule has 0 aromatic heterocycles. The first-order valence-electron chi connectivity index (χ1n) is 8.91. The maximum atomic E-state index is 13.6. The van der Waals surface area contributed by atoms with Gasteiger partial charge in [-0.15, -0.1) is 0 Å². The lowest BCUT2D eigenvalue weighted by atomic mass is 10.1. The summed E-state index contributed by atoms with van der Waals surface area (Å²) >= 11 is 0. The molecule has 150 valence electrons. The molecule has 2 aromatic carbocycles. The number of carbonyl (C=O) groups is 1. The summed E-state index contributed by atoms with van der Waals surface area (Å²) in [4.78, 5) is 16.2. The molecular formula is C20H21F4N3O. The third kappa shape index (κ3) is 5.01. The first kappa shape index (κ1) is 20.1. The Morgan fingerprint density at radius 1 is 1.07 bits per heavy atom. The van der Waals surface area contributed by atoms with Gasteiger partial charge in [-0.3, -0.25) is 4.79 Å². The van der Waals surface area contributed by atoms with E-state index in [1.54, 1.807) is 12.1 Å². The summed E-state index contributed by atoms with van der Waals surface area (Å²) in [5, 5.41) is 2.31. The minimum absolute atomic E-state index is 0.213. The Balaban J connectivity index is 1.79. The smallest absolute Gasteiger partial charge is 0.369 e. The number of nitrogens with one attached hydrogen (secondary N) is 1. The second-order valence-corrected chi connectivity index (χ2v) is 6.87. The number of amides is 1. The van der Waals surface area contributed by atoms with Crippen LogP contribution >= 0.6 is 0 Å². The molecule has 3 rings (SSSR count). The van der Waals surface area contributed by atoms with E-state index in [-0.39, 0.29) is 12.1 Å². The SMILES string of the molecule is CN1CCN(c2ccc(NC(=O)Cc3cccc(F)c3)c(C(F)(F)F)c2)CC1. The minimum Gasteiger partial charge on any atom is -0.369 e. The standard InChI is InChI=1S/C20H21F4N3O/c1-26-7-9-27(10-8-26)16-5-6-18(17(13-16)20(22,23)24)25-19(28)12-14-3-2-4-15(21)11-14/h2-6,11,13H,7-10,12H2,1H3,(H,25,28). The molecule has 1 aliphatic rings. The molecular weight excluding hydrogens is 374 g/mol. The van der Waals surface area contributed by atoms with Gasteiger partial charge in [0.05, 0.1) is 17.7 Å². The van der Waals surface area contributed by atoms with E-state index < -0.39 is 23.5 Å². The van der Waals surface area contributed by atoms with Crippen molar-refractivity contribution in [3.63, 3.8) is 0 Å². The summed E-state index contributed by atoms with van der Waals surface area (Å²) in [5.41, 5.74) is -0.327. The lowest BCUT2D eigenvalue weighted by Crippen LogP contribution is -2.44. The Bertz CT molecular complexity index is 846. The second-order valence-electron chi connectivity index (χ2n) is 6.87. The fourth-order valence-electron chi connectivity index (χ4n) is 3.16. The summed E-state index contributed by atoms with van der Waals surface area (Å²) in [5.74, 6) is -1.14. The summed E-state index contributed by atoms with van der Waals surface area (Å²) in [6, 6.07) is 9.34. The van der Waals surface area contributed by atoms with Crippen molar-refractivity contribution in [1.82, 2.24) is 4.90 Å². The highest BCUT2D eigenvalue weighted by molar-refractivity contribution is 5.93. The number of alkyl halides is 3. The molecule has 1 heterocycles. The van der Waals surface area contributed by atoms with Gasteiger partial charge in [0.25, 0.3) is 0 Å². The molecule has 4 nitrogen and oxygen atoms in total. The van der Waals surface area contributed by atoms with Crippen LogP contribution < -0.4 is 10.2 Å². The fraction of sp³-hybridized carbons (Fsp3) is 0.350. The van der Waals surface area contributed by atoms with Gasteiger partial charge in [-0.1, -0.05) is 12.1 Å². The lowest BCUT2D eigenvalue weighted by Gasteiger charge is -2.34. The number of hydrogen-bond donors (Lipinski definition) is 1. The van der Waals surface area contributed by atoms with Gasteiger partial charge < -0.3 is 15.1 Å². The highest BCUT2D eigenvalue weighted by atomic mass is 19.4. The normalized spacial score (nSPS) is 15.5. The Labute approximate surface area is 160 Å². The van der Waals surface area contributed by atoms with E-state index in [1.807, 2.05) is 11.9 Å². The van der Waals surface area contributed by atoms with Crippen molar-refractivity contribution < 1.29 is 22.4 Å². The Morgan fingerprint density at radius 3 is 2.43 bits per heavy atom. The van der Waals surface area contributed by atoms with Crippen LogP contribution in [0.15, 0.2) is 42.5 Å². The zero-order valence-corrected chi connectivity index (χ0v) is 15.4. The molecule has 0 atom stereocenters. The van der Waals surface area contributed by atoms with E-state index in [2.05, 4.69) is 10.2 Å². The number of rotatable bonds is 4. The number of carbonyl (C=O) groups excluding carboxylic acids is 1. The van der Waals surface area contributed by atoms with Crippen molar-refractivity contribution in [1.29, 1.82) is 0 Å². The number of piperazine rings is 1. The van der Waals surface area contributed by atoms with Crippen molar-refractivity contribution in [2.24, 2.45) is 0 Å². The van der Waals surface area contributed by atoms with E-state index >= 15 is 0 Å². The Morgan fingerprint density at radius 2 is 1.79 bits per heavy atom. The highest BCUT2D eigenvalue weighted by Gasteiger charge is 2.35. The predicted molar refractivity (Wildman–Crippen MR) is 99.9 cm³/mol. The number of nitrogens with zero attached hydrogens (tertiary/aromatic N) is 2. The number of anilines is 2. The van der Waals surface area contributed by atoms with Crippen LogP contribution in [0.1, 0.15) is 11.1 Å². The monoisotopic (exact) mass is 395 g/mol. The quantitative estimate of drug-likeness (QED) is 0.801. The minimum atomic E-state index is -4.61. The Kier molecular flexibility index (Phi) is 5.88. The first-order chi connectivity index (χ1) is 13.2. The molecule has 8 heteroatoms. The summed E-state index contributed by atoms with van der Waals surface area (Å²) in [6.07, 6.45) is -4.82. The molecule has 0 unspecified atom stereocenters. The molecule has 1 aliphatic heterocycles. The van der Waals surface area contributed by atoms with E-state index in [0.29, 0.717) is 24.3 Å². The topological polar surface area (TPSA) is 35.6 Å². The van der Waals surface area contributed by atoms with Gasteiger partial charge in [-0.05, 0) is 42.9 Å². The van der Waals surface area contributed by atoms with Crippen LogP contribution in [0.3, 0.4) is 0 Å². The molecule has 0 bridgehead atoms. The lowest BCUT2D eigenvalue weighted by molar-refractivity contribution is -0.136. The van der Waals surface area contributed by atoms with E-state index in [1.165, 1.54) is 24.3 Å². The fourth-order valence-corrected chi connectivity index (χ4v) is 3.16. The van der Waals surface area contributed by atoms with Crippen LogP contribution in [0.4, 0.5) is 28.9 Å². The molecule has 1 saturated heterocycles. The first-order valence-corrected chi connectivity index (χ1v) is 8.91. The van der Waals surface area contributed by atoms with Crippen molar-refractivity contribution in [2.45, 2.75) is 12.6 Å². The van der Waals surface area contributed by atoms with E-state index in [4.69, 9.17) is 0 Å². The predicted octanol–water partition coefficient (Wildman–Crippen LogP) is 3.78. The third-order valence-corrected chi connectivity index (χ3v) is 4.70. The molecule has 1 fully saturated rings. The van der Waals surface area contributed by atoms with Gasteiger partial charge in [0, 0.05) is 31.9 Å². The van der Waals surface area contributed by atoms with Crippen LogP contribution in [0, 0.1) is 5.82 Å². The van der Waals surface area contributed by atoms with Gasteiger partial charge in [-0.2, -0.15) is 13.2 Å². The zero-order chi connectivity index (χ0) is 20.3. The van der Waals surface area contributed by atoms with Gasteiger partial charge in [-0.25, -0.2) is 4.39 Å². The maximum absolute atomic E-state index is 13.6. The molecule has 2 aromatic rings. The van der Waals surface area contributed by atoms with Gasteiger partial charge in [0.15, 0.2) is 0 Å². The van der Waals surface area contributed by atoms with Gasteiger partial charge >= 0.3 is 6.18 Å². The largest absolute Gasteiger partial charge is 0.418 e. The van der Waals surface area contributed by atoms with Crippen molar-refractivity contribution in [3.8, 4) is 0 Å². The maximum Gasteiger partial charge on any atom is 0.418 e. The Hall–Kier alpha value is -2.61. The van der Waals surface area contributed by atoms with E-state index in [9.17, 15) is 22.4 Å². The zero-order valence-electron chi connectivity index (χ0n) is 15.4. The highest BCUT2D eigenvalue weighted by Crippen LogP contribution is 2.37. The van der Waals surface area contributed by atoms with Gasteiger partial charge in [0.1, 0.15) is 5.82 Å². The number of likely N-dealkylation sites (N-methyl/N-ethyl adjacent to an activating group) is 1. The molecule has 1 N–H and O–H groups in total.